The van der Waals surface area contributed by atoms with Crippen LogP contribution in [-0.4, -0.2) is 17.5 Å². The van der Waals surface area contributed by atoms with Crippen LogP contribution < -0.4 is 0 Å². The maximum absolute atomic E-state index is 5.92. The van der Waals surface area contributed by atoms with Crippen LogP contribution in [0.3, 0.4) is 0 Å². The van der Waals surface area contributed by atoms with Gasteiger partial charge in [0, 0.05) is 0 Å². The molecule has 1 aliphatic carbocycles. The van der Waals surface area contributed by atoms with Gasteiger partial charge in [-0.1, -0.05) is 0 Å². The van der Waals surface area contributed by atoms with Gasteiger partial charge in [-0.25, -0.2) is 0 Å². The van der Waals surface area contributed by atoms with Crippen LogP contribution in [0.4, 0.5) is 0 Å². The van der Waals surface area contributed by atoms with Gasteiger partial charge in [-0.15, -0.1) is 0 Å². The van der Waals surface area contributed by atoms with Crippen molar-refractivity contribution in [3.8, 4) is 0 Å². The fourth-order valence-electron chi connectivity index (χ4n) is 1.32. The summed E-state index contributed by atoms with van der Waals surface area (Å²) in [7, 11) is 11.8. The molecule has 1 saturated carbocycles. The van der Waals surface area contributed by atoms with Crippen molar-refractivity contribution in [3.63, 3.8) is 0 Å². The van der Waals surface area contributed by atoms with Gasteiger partial charge in [0.2, 0.25) is 0 Å². The maximum atomic E-state index is 5.92. The zero-order valence-electron chi connectivity index (χ0n) is 5.37. The van der Waals surface area contributed by atoms with E-state index < -0.39 is 17.5 Å². The van der Waals surface area contributed by atoms with E-state index in [4.69, 9.17) is 17.8 Å². The molecule has 0 heterocycles. The first-order valence-corrected chi connectivity index (χ1v) is 12.4. The molecule has 1 rings (SSSR count). The molecule has 0 bridgehead atoms. The second-order valence-electron chi connectivity index (χ2n) is 2.62. The molecule has 53 valence electrons. The minimum absolute atomic E-state index is 0.782. The van der Waals surface area contributed by atoms with Crippen LogP contribution in [0.15, 0.2) is 0 Å². The zero-order valence-corrected chi connectivity index (χ0v) is 9.73. The van der Waals surface area contributed by atoms with Crippen LogP contribution in [0.5, 0.6) is 0 Å². The standard InChI is InChI=1S/C6H11.2ClH.Sn/c1-2-4-6-5-3-1;;;/h1H,2-6H2;2*1H;/q;;;+2/p-2. The molecule has 0 spiro atoms. The topological polar surface area (TPSA) is 0 Å². The third-order valence-corrected chi connectivity index (χ3v) is 9.46. The Bertz CT molecular complexity index is 79.1. The predicted octanol–water partition coefficient (Wildman–Crippen LogP) is 3.29. The summed E-state index contributed by atoms with van der Waals surface area (Å²) in [6, 6.07) is 0. The number of hydrogen-bond acceptors (Lipinski definition) is 0. The van der Waals surface area contributed by atoms with E-state index in [1.165, 1.54) is 32.1 Å². The quantitative estimate of drug-likeness (QED) is 0.643. The van der Waals surface area contributed by atoms with Gasteiger partial charge in [0.15, 0.2) is 0 Å². The number of hydrogen-bond donors (Lipinski definition) is 0. The molecule has 0 saturated heterocycles. The van der Waals surface area contributed by atoms with Crippen molar-refractivity contribution in [3.05, 3.63) is 0 Å². The first-order valence-electron chi connectivity index (χ1n) is 3.48. The summed E-state index contributed by atoms with van der Waals surface area (Å²) in [5, 5.41) is 0. The molecule has 1 aliphatic rings. The summed E-state index contributed by atoms with van der Waals surface area (Å²) >= 11 is -1.80. The van der Waals surface area contributed by atoms with Crippen molar-refractivity contribution in [1.29, 1.82) is 0 Å². The number of rotatable bonds is 1. The van der Waals surface area contributed by atoms with Crippen LogP contribution in [0.25, 0.3) is 0 Å². The van der Waals surface area contributed by atoms with Crippen LogP contribution in [0.1, 0.15) is 32.1 Å². The summed E-state index contributed by atoms with van der Waals surface area (Å²) in [5.41, 5.74) is 0. The Morgan fingerprint density at radius 1 is 1.00 bits per heavy atom. The molecular formula is C6H11Cl2Sn. The van der Waals surface area contributed by atoms with E-state index in [9.17, 15) is 0 Å². The molecule has 0 aliphatic heterocycles. The van der Waals surface area contributed by atoms with Gasteiger partial charge >= 0.3 is 71.4 Å². The summed E-state index contributed by atoms with van der Waals surface area (Å²) in [6.07, 6.45) is 6.78. The van der Waals surface area contributed by atoms with Gasteiger partial charge in [-0.2, -0.15) is 0 Å². The molecule has 0 nitrogen and oxygen atoms in total. The van der Waals surface area contributed by atoms with Crippen molar-refractivity contribution < 1.29 is 0 Å². The van der Waals surface area contributed by atoms with Gasteiger partial charge in [0.25, 0.3) is 0 Å². The molecular weight excluding hydrogens is 262 g/mol. The Hall–Kier alpha value is 1.38. The van der Waals surface area contributed by atoms with E-state index in [2.05, 4.69) is 0 Å². The average molecular weight is 273 g/mol. The van der Waals surface area contributed by atoms with Gasteiger partial charge in [0.05, 0.1) is 0 Å². The van der Waals surface area contributed by atoms with E-state index in [1.54, 1.807) is 0 Å². The average Bonchev–Trinajstić information content (AvgIpc) is 1.90. The van der Waals surface area contributed by atoms with Gasteiger partial charge in [-0.3, -0.25) is 0 Å². The predicted molar refractivity (Wildman–Crippen MR) is 44.3 cm³/mol. The molecule has 0 unspecified atom stereocenters. The van der Waals surface area contributed by atoms with E-state index in [1.807, 2.05) is 0 Å². The third-order valence-electron chi connectivity index (χ3n) is 1.91. The Balaban J connectivity index is 2.23. The summed E-state index contributed by atoms with van der Waals surface area (Å²) in [6.45, 7) is 0. The molecule has 0 atom stereocenters. The Morgan fingerprint density at radius 3 is 1.89 bits per heavy atom. The van der Waals surface area contributed by atoms with Crippen LogP contribution in [0, 0.1) is 0 Å². The van der Waals surface area contributed by atoms with Crippen LogP contribution in [-0.2, 0) is 0 Å². The Kier molecular flexibility index (Phi) is 4.05. The van der Waals surface area contributed by atoms with E-state index in [0.717, 1.165) is 3.93 Å². The first kappa shape index (κ1) is 8.48. The SMILES string of the molecule is [Cl][Sn]([Cl])[CH]1CCCCC1. The molecule has 9 heavy (non-hydrogen) atoms. The van der Waals surface area contributed by atoms with Crippen molar-refractivity contribution in [2.45, 2.75) is 36.0 Å². The molecule has 0 aromatic rings. The fraction of sp³-hybridized carbons (Fsp3) is 1.00. The summed E-state index contributed by atoms with van der Waals surface area (Å²) in [4.78, 5) is 0. The van der Waals surface area contributed by atoms with Gasteiger partial charge < -0.3 is 0 Å². The molecule has 0 aromatic heterocycles. The monoisotopic (exact) mass is 273 g/mol. The van der Waals surface area contributed by atoms with Crippen molar-refractivity contribution >= 4 is 35.3 Å². The molecule has 3 heteroatoms. The van der Waals surface area contributed by atoms with Crippen LogP contribution in [0.2, 0.25) is 3.93 Å². The molecule has 1 fully saturated rings. The third kappa shape index (κ3) is 2.85. The van der Waals surface area contributed by atoms with Gasteiger partial charge in [0.1, 0.15) is 0 Å². The molecule has 0 amide bonds. The van der Waals surface area contributed by atoms with E-state index >= 15 is 0 Å². The zero-order chi connectivity index (χ0) is 6.69. The first-order chi connectivity index (χ1) is 4.30. The van der Waals surface area contributed by atoms with Crippen LogP contribution >= 0.6 is 17.8 Å². The number of halogens is 2. The summed E-state index contributed by atoms with van der Waals surface area (Å²) < 4.78 is 0.782. The molecule has 0 N–H and O–H groups in total. The molecule has 0 aromatic carbocycles. The van der Waals surface area contributed by atoms with Crippen molar-refractivity contribution in [2.75, 3.05) is 0 Å². The Morgan fingerprint density at radius 2 is 1.56 bits per heavy atom. The summed E-state index contributed by atoms with van der Waals surface area (Å²) in [5.74, 6) is 0. The molecule has 1 radical (unpaired) electrons. The van der Waals surface area contributed by atoms with E-state index in [-0.39, 0.29) is 0 Å². The van der Waals surface area contributed by atoms with Crippen molar-refractivity contribution in [1.82, 2.24) is 0 Å². The second-order valence-corrected chi connectivity index (χ2v) is 13.4. The fourth-order valence-corrected chi connectivity index (χ4v) is 6.66. The second kappa shape index (κ2) is 4.30. The normalized spacial score (nSPS) is 23.0. The minimum atomic E-state index is -1.80. The Labute approximate surface area is 71.1 Å². The van der Waals surface area contributed by atoms with Crippen molar-refractivity contribution in [2.24, 2.45) is 0 Å². The van der Waals surface area contributed by atoms with Gasteiger partial charge in [-0.05, 0) is 0 Å². The van der Waals surface area contributed by atoms with E-state index in [0.29, 0.717) is 0 Å².